The lowest BCUT2D eigenvalue weighted by atomic mass is 9.36. The molecular weight excluding hydrogens is 468 g/mol. The molecule has 0 amide bonds. The van der Waals surface area contributed by atoms with E-state index in [1.165, 1.54) is 6.92 Å². The third-order valence-electron chi connectivity index (χ3n) is 11.6. The molecule has 4 aliphatic rings. The SMILES string of the molecule is CC(=O)O[C@H]1C[C@@]2(C)[C@H](C[C@@H](O)[C@H]3[C@@]4(C)CC[C@@H](O)[C@@H](C)[C@H]4CC[C@@]32C)/C1=C(\CCC=C(C)C)C(=O)O. The molecule has 0 radical (unpaired) electrons. The van der Waals surface area contributed by atoms with Crippen LogP contribution in [0.2, 0.25) is 0 Å². The summed E-state index contributed by atoms with van der Waals surface area (Å²) < 4.78 is 5.87. The van der Waals surface area contributed by atoms with Crippen LogP contribution in [-0.2, 0) is 14.3 Å². The summed E-state index contributed by atoms with van der Waals surface area (Å²) in [7, 11) is 0. The second-order valence-electron chi connectivity index (χ2n) is 13.6. The molecule has 208 valence electrons. The van der Waals surface area contributed by atoms with Crippen molar-refractivity contribution in [3.8, 4) is 0 Å². The van der Waals surface area contributed by atoms with Gasteiger partial charge in [0.1, 0.15) is 6.10 Å². The van der Waals surface area contributed by atoms with Crippen molar-refractivity contribution in [2.24, 2.45) is 39.9 Å². The number of hydrogen-bond donors (Lipinski definition) is 3. The van der Waals surface area contributed by atoms with Crippen molar-refractivity contribution in [2.75, 3.05) is 0 Å². The smallest absolute Gasteiger partial charge is 0.331 e. The number of aliphatic hydroxyl groups is 2. The molecule has 37 heavy (non-hydrogen) atoms. The molecular formula is C31H48O6. The summed E-state index contributed by atoms with van der Waals surface area (Å²) in [6.45, 7) is 14.5. The van der Waals surface area contributed by atoms with Crippen LogP contribution >= 0.6 is 0 Å². The Morgan fingerprint density at radius 3 is 2.30 bits per heavy atom. The highest BCUT2D eigenvalue weighted by Crippen LogP contribution is 2.74. The van der Waals surface area contributed by atoms with E-state index in [2.05, 4.69) is 27.7 Å². The van der Waals surface area contributed by atoms with E-state index in [4.69, 9.17) is 4.74 Å². The maximum Gasteiger partial charge on any atom is 0.331 e. The van der Waals surface area contributed by atoms with E-state index in [-0.39, 0.29) is 40.1 Å². The standard InChI is InChI=1S/C31H48O6/c1-17(2)9-8-10-20(28(35)36)26-22-15-24(34)27-29(5)13-12-23(33)18(3)21(29)11-14-30(27,6)31(22,7)16-25(26)37-19(4)32/h9,18,21-25,27,33-34H,8,10-16H2,1-7H3,(H,35,36)/b26-20-/t18-,21+,22+,23+,24+,25-,27-,29-,30-,31-/m0/s1. The molecule has 0 saturated heterocycles. The van der Waals surface area contributed by atoms with Gasteiger partial charge in [0.05, 0.1) is 12.2 Å². The molecule has 0 bridgehead atoms. The Hall–Kier alpha value is -1.66. The molecule has 0 aromatic heterocycles. The predicted molar refractivity (Wildman–Crippen MR) is 143 cm³/mol. The molecule has 0 unspecified atom stereocenters. The molecule has 6 heteroatoms. The first kappa shape index (κ1) is 28.4. The summed E-state index contributed by atoms with van der Waals surface area (Å²) in [6.07, 6.45) is 6.22. The van der Waals surface area contributed by atoms with Crippen LogP contribution in [0, 0.1) is 39.9 Å². The number of esters is 1. The molecule has 0 aromatic rings. The zero-order chi connectivity index (χ0) is 27.5. The lowest BCUT2D eigenvalue weighted by molar-refractivity contribution is -0.234. The number of aliphatic carboxylic acids is 1. The molecule has 3 N–H and O–H groups in total. The van der Waals surface area contributed by atoms with Gasteiger partial charge in [-0.1, -0.05) is 39.3 Å². The van der Waals surface area contributed by atoms with Crippen molar-refractivity contribution < 1.29 is 29.6 Å². The van der Waals surface area contributed by atoms with Crippen LogP contribution in [0.1, 0.15) is 99.8 Å². The number of aliphatic hydroxyl groups excluding tert-OH is 2. The minimum atomic E-state index is -0.953. The van der Waals surface area contributed by atoms with Crippen molar-refractivity contribution in [2.45, 2.75) is 118 Å². The summed E-state index contributed by atoms with van der Waals surface area (Å²) in [5.41, 5.74) is 1.57. The maximum absolute atomic E-state index is 12.6. The van der Waals surface area contributed by atoms with Gasteiger partial charge in [0.15, 0.2) is 0 Å². The highest BCUT2D eigenvalue weighted by atomic mass is 16.5. The second-order valence-corrected chi connectivity index (χ2v) is 13.6. The van der Waals surface area contributed by atoms with E-state index in [9.17, 15) is 24.9 Å². The fourth-order valence-electron chi connectivity index (χ4n) is 9.79. The number of hydrogen-bond acceptors (Lipinski definition) is 5. The molecule has 4 saturated carbocycles. The summed E-state index contributed by atoms with van der Waals surface area (Å²) in [5.74, 6) is -0.909. The zero-order valence-corrected chi connectivity index (χ0v) is 23.8. The van der Waals surface area contributed by atoms with Gasteiger partial charge < -0.3 is 20.1 Å². The van der Waals surface area contributed by atoms with E-state index in [0.717, 1.165) is 36.8 Å². The fraction of sp³-hybridized carbons (Fsp3) is 0.806. The fourth-order valence-corrected chi connectivity index (χ4v) is 9.79. The molecule has 0 spiro atoms. The molecule has 4 aliphatic carbocycles. The maximum atomic E-state index is 12.6. The minimum absolute atomic E-state index is 0.0474. The molecule has 6 nitrogen and oxygen atoms in total. The van der Waals surface area contributed by atoms with Gasteiger partial charge in [-0.3, -0.25) is 4.79 Å². The average Bonchev–Trinajstić information content (AvgIpc) is 3.05. The molecule has 0 aromatic carbocycles. The normalized spacial score (nSPS) is 46.2. The van der Waals surface area contributed by atoms with E-state index in [1.54, 1.807) is 0 Å². The van der Waals surface area contributed by atoms with Crippen LogP contribution in [0.5, 0.6) is 0 Å². The Bertz CT molecular complexity index is 994. The van der Waals surface area contributed by atoms with Crippen molar-refractivity contribution >= 4 is 11.9 Å². The Labute approximate surface area is 222 Å². The highest BCUT2D eigenvalue weighted by Gasteiger charge is 2.70. The van der Waals surface area contributed by atoms with E-state index < -0.39 is 24.1 Å². The van der Waals surface area contributed by atoms with Crippen molar-refractivity contribution in [1.29, 1.82) is 0 Å². The van der Waals surface area contributed by atoms with Gasteiger partial charge in [0.25, 0.3) is 0 Å². The van der Waals surface area contributed by atoms with Gasteiger partial charge in [-0.2, -0.15) is 0 Å². The predicted octanol–water partition coefficient (Wildman–Crippen LogP) is 5.67. The minimum Gasteiger partial charge on any atom is -0.478 e. The second kappa shape index (κ2) is 9.82. The van der Waals surface area contributed by atoms with Gasteiger partial charge in [-0.25, -0.2) is 4.79 Å². The molecule has 4 fully saturated rings. The summed E-state index contributed by atoms with van der Waals surface area (Å²) in [5, 5.41) is 32.9. The number of ether oxygens (including phenoxy) is 1. The first-order valence-electron chi connectivity index (χ1n) is 14.3. The Balaban J connectivity index is 1.82. The van der Waals surface area contributed by atoms with Crippen molar-refractivity contribution in [3.63, 3.8) is 0 Å². The van der Waals surface area contributed by atoms with Gasteiger partial charge in [0, 0.05) is 12.5 Å². The molecule has 10 atom stereocenters. The third-order valence-corrected chi connectivity index (χ3v) is 11.6. The van der Waals surface area contributed by atoms with E-state index in [1.807, 2.05) is 19.9 Å². The lowest BCUT2D eigenvalue weighted by Crippen LogP contribution is -2.65. The zero-order valence-electron chi connectivity index (χ0n) is 23.8. The van der Waals surface area contributed by atoms with Gasteiger partial charge in [-0.15, -0.1) is 0 Å². The lowest BCUT2D eigenvalue weighted by Gasteiger charge is -2.69. The van der Waals surface area contributed by atoms with Crippen LogP contribution in [0.3, 0.4) is 0 Å². The number of carboxylic acids is 1. The van der Waals surface area contributed by atoms with E-state index in [0.29, 0.717) is 37.2 Å². The number of fused-ring (bicyclic) bond motifs is 5. The topological polar surface area (TPSA) is 104 Å². The van der Waals surface area contributed by atoms with Crippen LogP contribution in [0.25, 0.3) is 0 Å². The Morgan fingerprint density at radius 2 is 1.70 bits per heavy atom. The van der Waals surface area contributed by atoms with Crippen LogP contribution in [0.4, 0.5) is 0 Å². The first-order valence-corrected chi connectivity index (χ1v) is 14.3. The van der Waals surface area contributed by atoms with Crippen molar-refractivity contribution in [3.05, 3.63) is 22.8 Å². The number of carbonyl (C=O) groups is 2. The summed E-state index contributed by atoms with van der Waals surface area (Å²) in [6, 6.07) is 0. The van der Waals surface area contributed by atoms with Crippen LogP contribution < -0.4 is 0 Å². The third kappa shape index (κ3) is 4.40. The largest absolute Gasteiger partial charge is 0.478 e. The van der Waals surface area contributed by atoms with Gasteiger partial charge >= 0.3 is 11.9 Å². The van der Waals surface area contributed by atoms with E-state index >= 15 is 0 Å². The monoisotopic (exact) mass is 516 g/mol. The number of rotatable bonds is 5. The van der Waals surface area contributed by atoms with Gasteiger partial charge in [0.2, 0.25) is 0 Å². The Kier molecular flexibility index (Phi) is 7.53. The van der Waals surface area contributed by atoms with Crippen LogP contribution in [0.15, 0.2) is 22.8 Å². The molecule has 0 aliphatic heterocycles. The first-order chi connectivity index (χ1) is 17.2. The molecule has 4 rings (SSSR count). The average molecular weight is 517 g/mol. The van der Waals surface area contributed by atoms with Crippen LogP contribution in [-0.4, -0.2) is 45.6 Å². The Morgan fingerprint density at radius 1 is 1.03 bits per heavy atom. The highest BCUT2D eigenvalue weighted by molar-refractivity contribution is 5.88. The van der Waals surface area contributed by atoms with Crippen molar-refractivity contribution in [1.82, 2.24) is 0 Å². The number of carboxylic acid groups (broad SMARTS) is 1. The summed E-state index contributed by atoms with van der Waals surface area (Å²) in [4.78, 5) is 24.8. The van der Waals surface area contributed by atoms with Gasteiger partial charge in [-0.05, 0) is 111 Å². The number of carbonyl (C=O) groups excluding carboxylic acids is 1. The number of allylic oxidation sites excluding steroid dienone is 2. The quantitative estimate of drug-likeness (QED) is 0.247. The molecule has 0 heterocycles. The summed E-state index contributed by atoms with van der Waals surface area (Å²) >= 11 is 0.